The van der Waals surface area contributed by atoms with Gasteiger partial charge in [-0.3, -0.25) is 4.79 Å². The molecule has 0 aromatic heterocycles. The number of aldehydes is 1. The number of carbonyl (C=O) groups excluding carboxylic acids is 1. The first-order valence-corrected chi connectivity index (χ1v) is 4.49. The Morgan fingerprint density at radius 3 is 2.38 bits per heavy atom. The number of carbonyl (C=O) groups is 1. The Labute approximate surface area is 79.1 Å². The van der Waals surface area contributed by atoms with E-state index in [1.54, 1.807) is 6.08 Å². The molecule has 0 aliphatic heterocycles. The maximum atomic E-state index is 10.3. The standard InChI is InChI=1S/C12H14O/c1-3-11(8-9-13)12-6-4-10(2)5-7-12/h4-9H,3H2,1-2H3. The fourth-order valence-corrected chi connectivity index (χ4v) is 1.27. The van der Waals surface area contributed by atoms with E-state index in [0.29, 0.717) is 0 Å². The summed E-state index contributed by atoms with van der Waals surface area (Å²) in [5.41, 5.74) is 3.47. The van der Waals surface area contributed by atoms with Gasteiger partial charge in [-0.1, -0.05) is 36.8 Å². The lowest BCUT2D eigenvalue weighted by Crippen LogP contribution is -1.83. The van der Waals surface area contributed by atoms with Crippen molar-refractivity contribution in [2.45, 2.75) is 20.3 Å². The summed E-state index contributed by atoms with van der Waals surface area (Å²) in [6, 6.07) is 8.22. The molecule has 0 saturated carbocycles. The molecule has 0 unspecified atom stereocenters. The molecule has 0 bridgehead atoms. The van der Waals surface area contributed by atoms with Crippen LogP contribution in [0, 0.1) is 6.92 Å². The summed E-state index contributed by atoms with van der Waals surface area (Å²) in [5.74, 6) is 0. The van der Waals surface area contributed by atoms with Crippen molar-refractivity contribution in [3.63, 3.8) is 0 Å². The van der Waals surface area contributed by atoms with E-state index in [1.807, 2.05) is 12.1 Å². The van der Waals surface area contributed by atoms with Crippen LogP contribution in [0.4, 0.5) is 0 Å². The lowest BCUT2D eigenvalue weighted by Gasteiger charge is -2.03. The van der Waals surface area contributed by atoms with Crippen molar-refractivity contribution in [1.82, 2.24) is 0 Å². The Bertz CT molecular complexity index is 306. The molecule has 0 N–H and O–H groups in total. The van der Waals surface area contributed by atoms with E-state index in [9.17, 15) is 4.79 Å². The summed E-state index contributed by atoms with van der Waals surface area (Å²) >= 11 is 0. The minimum absolute atomic E-state index is 0.846. The van der Waals surface area contributed by atoms with Crippen LogP contribution in [0.15, 0.2) is 30.3 Å². The Balaban J connectivity index is 2.99. The third kappa shape index (κ3) is 2.55. The van der Waals surface area contributed by atoms with Gasteiger partial charge in [0.25, 0.3) is 0 Å². The fraction of sp³-hybridized carbons (Fsp3) is 0.250. The molecule has 0 atom stereocenters. The largest absolute Gasteiger partial charge is 0.299 e. The second-order valence-electron chi connectivity index (χ2n) is 3.05. The van der Waals surface area contributed by atoms with Crippen LogP contribution < -0.4 is 0 Å². The average molecular weight is 174 g/mol. The van der Waals surface area contributed by atoms with Gasteiger partial charge in [-0.05, 0) is 30.6 Å². The van der Waals surface area contributed by atoms with Crippen molar-refractivity contribution in [3.05, 3.63) is 41.5 Å². The molecule has 0 amide bonds. The molecule has 1 heteroatoms. The van der Waals surface area contributed by atoms with Crippen LogP contribution in [0.2, 0.25) is 0 Å². The van der Waals surface area contributed by atoms with Crippen LogP contribution in [0.25, 0.3) is 5.57 Å². The number of hydrogen-bond acceptors (Lipinski definition) is 1. The van der Waals surface area contributed by atoms with Gasteiger partial charge in [-0.25, -0.2) is 0 Å². The van der Waals surface area contributed by atoms with E-state index < -0.39 is 0 Å². The number of hydrogen-bond donors (Lipinski definition) is 0. The molecule has 1 aromatic rings. The molecule has 1 nitrogen and oxygen atoms in total. The van der Waals surface area contributed by atoms with Gasteiger partial charge < -0.3 is 0 Å². The molecular weight excluding hydrogens is 160 g/mol. The molecule has 1 rings (SSSR count). The summed E-state index contributed by atoms with van der Waals surface area (Å²) in [7, 11) is 0. The van der Waals surface area contributed by atoms with Crippen molar-refractivity contribution in [2.75, 3.05) is 0 Å². The van der Waals surface area contributed by atoms with E-state index in [0.717, 1.165) is 23.8 Å². The van der Waals surface area contributed by atoms with Gasteiger partial charge in [0, 0.05) is 0 Å². The highest BCUT2D eigenvalue weighted by atomic mass is 16.1. The highest BCUT2D eigenvalue weighted by molar-refractivity contribution is 5.81. The fourth-order valence-electron chi connectivity index (χ4n) is 1.27. The molecule has 0 spiro atoms. The van der Waals surface area contributed by atoms with Crippen molar-refractivity contribution in [3.8, 4) is 0 Å². The molecule has 0 saturated heterocycles. The van der Waals surface area contributed by atoms with Gasteiger partial charge >= 0.3 is 0 Å². The molecule has 1 aromatic carbocycles. The molecule has 13 heavy (non-hydrogen) atoms. The minimum atomic E-state index is 0.846. The van der Waals surface area contributed by atoms with Gasteiger partial charge in [0.1, 0.15) is 6.29 Å². The topological polar surface area (TPSA) is 17.1 Å². The van der Waals surface area contributed by atoms with Crippen molar-refractivity contribution < 1.29 is 4.79 Å². The van der Waals surface area contributed by atoms with E-state index in [-0.39, 0.29) is 0 Å². The predicted molar refractivity (Wildman–Crippen MR) is 55.5 cm³/mol. The Morgan fingerprint density at radius 1 is 1.31 bits per heavy atom. The minimum Gasteiger partial charge on any atom is -0.299 e. The molecule has 0 heterocycles. The van der Waals surface area contributed by atoms with Crippen LogP contribution in [0.3, 0.4) is 0 Å². The molecule has 0 aliphatic carbocycles. The van der Waals surface area contributed by atoms with Crippen molar-refractivity contribution in [1.29, 1.82) is 0 Å². The first-order valence-electron chi connectivity index (χ1n) is 4.49. The molecule has 0 radical (unpaired) electrons. The van der Waals surface area contributed by atoms with Gasteiger partial charge in [0.2, 0.25) is 0 Å². The van der Waals surface area contributed by atoms with Crippen molar-refractivity contribution in [2.24, 2.45) is 0 Å². The summed E-state index contributed by atoms with van der Waals surface area (Å²) in [6.45, 7) is 4.11. The zero-order valence-corrected chi connectivity index (χ0v) is 8.08. The normalized spacial score (nSPS) is 11.4. The number of rotatable bonds is 3. The van der Waals surface area contributed by atoms with E-state index in [2.05, 4.69) is 26.0 Å². The van der Waals surface area contributed by atoms with Crippen LogP contribution in [-0.4, -0.2) is 6.29 Å². The Kier molecular flexibility index (Phi) is 3.44. The smallest absolute Gasteiger partial charge is 0.143 e. The second kappa shape index (κ2) is 4.61. The zero-order chi connectivity index (χ0) is 9.68. The van der Waals surface area contributed by atoms with Gasteiger partial charge in [-0.15, -0.1) is 0 Å². The molecule has 0 aliphatic rings. The summed E-state index contributed by atoms with van der Waals surface area (Å²) in [6.07, 6.45) is 3.37. The second-order valence-corrected chi connectivity index (χ2v) is 3.05. The molecule has 0 fully saturated rings. The quantitative estimate of drug-likeness (QED) is 0.508. The maximum Gasteiger partial charge on any atom is 0.143 e. The lowest BCUT2D eigenvalue weighted by molar-refractivity contribution is -0.104. The van der Waals surface area contributed by atoms with E-state index >= 15 is 0 Å². The molecular formula is C12H14O. The maximum absolute atomic E-state index is 10.3. The average Bonchev–Trinajstić information content (AvgIpc) is 2.16. The zero-order valence-electron chi connectivity index (χ0n) is 8.08. The van der Waals surface area contributed by atoms with E-state index in [4.69, 9.17) is 0 Å². The van der Waals surface area contributed by atoms with E-state index in [1.165, 1.54) is 5.56 Å². The van der Waals surface area contributed by atoms with Gasteiger partial charge in [0.15, 0.2) is 0 Å². The highest BCUT2D eigenvalue weighted by Crippen LogP contribution is 2.17. The van der Waals surface area contributed by atoms with Crippen LogP contribution in [-0.2, 0) is 4.79 Å². The summed E-state index contributed by atoms with van der Waals surface area (Å²) < 4.78 is 0. The molecule has 68 valence electrons. The van der Waals surface area contributed by atoms with Gasteiger partial charge in [-0.2, -0.15) is 0 Å². The van der Waals surface area contributed by atoms with Crippen LogP contribution >= 0.6 is 0 Å². The Hall–Kier alpha value is -1.37. The van der Waals surface area contributed by atoms with Crippen LogP contribution in [0.5, 0.6) is 0 Å². The summed E-state index contributed by atoms with van der Waals surface area (Å²) in [4.78, 5) is 10.3. The first-order chi connectivity index (χ1) is 6.27. The number of allylic oxidation sites excluding steroid dienone is 2. The van der Waals surface area contributed by atoms with Crippen LogP contribution in [0.1, 0.15) is 24.5 Å². The van der Waals surface area contributed by atoms with Crippen molar-refractivity contribution >= 4 is 11.9 Å². The number of aryl methyl sites for hydroxylation is 1. The Morgan fingerprint density at radius 2 is 1.92 bits per heavy atom. The predicted octanol–water partition coefficient (Wildman–Crippen LogP) is 2.99. The summed E-state index contributed by atoms with van der Waals surface area (Å²) in [5, 5.41) is 0. The monoisotopic (exact) mass is 174 g/mol. The van der Waals surface area contributed by atoms with Gasteiger partial charge in [0.05, 0.1) is 0 Å². The third-order valence-corrected chi connectivity index (χ3v) is 2.07. The SMILES string of the molecule is CCC(=CC=O)c1ccc(C)cc1. The third-order valence-electron chi connectivity index (χ3n) is 2.07. The lowest BCUT2D eigenvalue weighted by atomic mass is 10.0. The highest BCUT2D eigenvalue weighted by Gasteiger charge is 1.97. The number of benzene rings is 1. The first kappa shape index (κ1) is 9.72.